The Kier molecular flexibility index (Phi) is 33.1. The lowest BCUT2D eigenvalue weighted by Crippen LogP contribution is -2.24. The van der Waals surface area contributed by atoms with Crippen LogP contribution in [0.5, 0.6) is 0 Å². The fraction of sp³-hybridized carbons (Fsp3) is 0.562. The van der Waals surface area contributed by atoms with Gasteiger partial charge < -0.3 is 9.47 Å². The largest absolute Gasteiger partial charge is 0.489 e. The third kappa shape index (κ3) is 28.8. The Morgan fingerprint density at radius 2 is 0.529 bits per heavy atom. The summed E-state index contributed by atoms with van der Waals surface area (Å²) in [6, 6.07) is 0. The Bertz CT molecular complexity index is 2010. The zero-order valence-corrected chi connectivity index (χ0v) is 46.3. The van der Waals surface area contributed by atoms with Gasteiger partial charge in [0.05, 0.1) is 14.2 Å². The Balaban J connectivity index is 2.29. The first-order valence-electron chi connectivity index (χ1n) is 26.2. The summed E-state index contributed by atoms with van der Waals surface area (Å²) in [6.45, 7) is 28.7. The predicted octanol–water partition coefficient (Wildman–Crippen LogP) is 19.6. The maximum atomic E-state index is 12.9. The first-order chi connectivity index (χ1) is 32.4. The fourth-order valence-electron chi connectivity index (χ4n) is 8.24. The molecule has 1 aliphatic rings. The van der Waals surface area contributed by atoms with Crippen LogP contribution in [0.4, 0.5) is 0 Å². The van der Waals surface area contributed by atoms with Gasteiger partial charge in [-0.05, 0) is 225 Å². The second-order valence-corrected chi connectivity index (χ2v) is 20.2. The highest BCUT2D eigenvalue weighted by Crippen LogP contribution is 2.28. The highest BCUT2D eigenvalue weighted by molar-refractivity contribution is 6.23. The minimum atomic E-state index is -0.284. The second kappa shape index (κ2) is 36.5. The van der Waals surface area contributed by atoms with Gasteiger partial charge in [0.2, 0.25) is 23.1 Å². The Labute approximate surface area is 418 Å². The van der Waals surface area contributed by atoms with E-state index in [9.17, 15) is 9.59 Å². The lowest BCUT2D eigenvalue weighted by atomic mass is 9.90. The highest BCUT2D eigenvalue weighted by atomic mass is 16.5. The average Bonchev–Trinajstić information content (AvgIpc) is 3.27. The molecule has 4 heteroatoms. The van der Waals surface area contributed by atoms with Gasteiger partial charge in [0.1, 0.15) is 0 Å². The number of methoxy groups -OCH3 is 2. The van der Waals surface area contributed by atoms with Crippen molar-refractivity contribution in [1.82, 2.24) is 0 Å². The number of ketones is 2. The molecule has 68 heavy (non-hydrogen) atoms. The molecule has 0 radical (unpaired) electrons. The summed E-state index contributed by atoms with van der Waals surface area (Å²) in [7, 11) is 2.78. The topological polar surface area (TPSA) is 52.6 Å². The van der Waals surface area contributed by atoms with E-state index in [1.807, 2.05) is 0 Å². The molecular formula is C64H98O4. The number of ether oxygens (including phenoxy) is 2. The number of carbonyl (C=O) groups is 2. The van der Waals surface area contributed by atoms with Crippen LogP contribution < -0.4 is 0 Å². The van der Waals surface area contributed by atoms with Crippen molar-refractivity contribution in [3.05, 3.63) is 151 Å². The Morgan fingerprint density at radius 3 is 0.750 bits per heavy atom. The molecule has 1 aliphatic carbocycles. The van der Waals surface area contributed by atoms with Crippen molar-refractivity contribution < 1.29 is 19.1 Å². The molecule has 0 spiro atoms. The van der Waals surface area contributed by atoms with Crippen molar-refractivity contribution in [2.75, 3.05) is 14.2 Å². The third-order valence-electron chi connectivity index (χ3n) is 13.1. The lowest BCUT2D eigenvalue weighted by Gasteiger charge is -2.19. The second-order valence-electron chi connectivity index (χ2n) is 20.2. The Hall–Kier alpha value is -4.44. The monoisotopic (exact) mass is 931 g/mol. The molecule has 0 aromatic carbocycles. The number of allylic oxidation sites excluding steroid dienone is 24. The maximum absolute atomic E-state index is 12.9. The molecule has 1 rings (SSSR count). The normalized spacial score (nSPS) is 15.9. The number of carbonyl (C=O) groups excluding carboxylic acids is 2. The number of hydrogen-bond acceptors (Lipinski definition) is 4. The van der Waals surface area contributed by atoms with Crippen LogP contribution in [-0.2, 0) is 19.1 Å². The molecule has 0 fully saturated rings. The van der Waals surface area contributed by atoms with Crippen molar-refractivity contribution in [1.29, 1.82) is 0 Å². The highest BCUT2D eigenvalue weighted by Gasteiger charge is 2.34. The van der Waals surface area contributed by atoms with Crippen molar-refractivity contribution in [3.63, 3.8) is 0 Å². The van der Waals surface area contributed by atoms with Crippen molar-refractivity contribution >= 4 is 11.6 Å². The summed E-state index contributed by atoms with van der Waals surface area (Å²) in [5.41, 5.74) is 17.0. The molecule has 0 aromatic heterocycles. The molecule has 0 atom stereocenters. The van der Waals surface area contributed by atoms with Crippen LogP contribution in [0.2, 0.25) is 0 Å². The standard InChI is InChI=1S/C64H98O4/c1-48(2)26-16-27-49(3)28-17-29-50(4)30-18-31-51(5)32-19-33-52(6)34-20-35-53(7)36-21-37-54(8)38-22-39-55(9)40-23-41-56(10)42-24-43-57(11)44-25-45-58(12)46-47-60-59(13)61(65)63(67-14)64(68-15)62(60)66/h26,28,30,32,34,36,38,40,42,44,46H,16-25,27,29,31,33,35,37,39,41,43,45,47H2,1-15H3. The van der Waals surface area contributed by atoms with E-state index in [4.69, 9.17) is 9.47 Å². The molecule has 0 aromatic rings. The van der Waals surface area contributed by atoms with E-state index in [-0.39, 0.29) is 23.1 Å². The summed E-state index contributed by atoms with van der Waals surface area (Å²) in [5, 5.41) is 0. The number of rotatable bonds is 34. The van der Waals surface area contributed by atoms with Gasteiger partial charge in [0.25, 0.3) is 0 Å². The summed E-state index contributed by atoms with van der Waals surface area (Å²) in [6.07, 6.45) is 49.1. The smallest absolute Gasteiger partial charge is 0.228 e. The number of Topliss-reactive ketones (excluding diaryl/α,β-unsaturated/α-hetero) is 2. The first-order valence-corrected chi connectivity index (χ1v) is 26.2. The van der Waals surface area contributed by atoms with Crippen LogP contribution in [0.1, 0.15) is 225 Å². The molecule has 0 amide bonds. The Morgan fingerprint density at radius 1 is 0.324 bits per heavy atom. The molecule has 0 aliphatic heterocycles. The van der Waals surface area contributed by atoms with Gasteiger partial charge in [-0.1, -0.05) is 128 Å². The quantitative estimate of drug-likeness (QED) is 0.0477. The summed E-state index contributed by atoms with van der Waals surface area (Å²) < 4.78 is 10.4. The first kappa shape index (κ1) is 61.6. The van der Waals surface area contributed by atoms with E-state index >= 15 is 0 Å². The SMILES string of the molecule is COC1=C(OC)C(=O)C(CC=C(C)CCC=C(C)CCC=C(C)CCC=C(C)CCC=C(C)CCC=C(C)CCC=C(C)CCC=C(C)CCC=C(C)CCC=C(C)CCC=C(C)C)=C(C)C1=O. The van der Waals surface area contributed by atoms with Crippen molar-refractivity contribution in [3.8, 4) is 0 Å². The molecule has 0 bridgehead atoms. The zero-order chi connectivity index (χ0) is 50.9. The molecule has 0 saturated carbocycles. The maximum Gasteiger partial charge on any atom is 0.228 e. The average molecular weight is 931 g/mol. The summed E-state index contributed by atoms with van der Waals surface area (Å²) in [5.74, 6) is -0.572. The lowest BCUT2D eigenvalue weighted by molar-refractivity contribution is -0.121. The van der Waals surface area contributed by atoms with E-state index in [0.29, 0.717) is 17.6 Å². The summed E-state index contributed by atoms with van der Waals surface area (Å²) in [4.78, 5) is 25.6. The van der Waals surface area contributed by atoms with Crippen molar-refractivity contribution in [2.24, 2.45) is 0 Å². The van der Waals surface area contributed by atoms with E-state index in [2.05, 4.69) is 150 Å². The van der Waals surface area contributed by atoms with Gasteiger partial charge in [-0.3, -0.25) is 9.59 Å². The van der Waals surface area contributed by atoms with Gasteiger partial charge in [-0.15, -0.1) is 0 Å². The van der Waals surface area contributed by atoms with Crippen LogP contribution >= 0.6 is 0 Å². The van der Waals surface area contributed by atoms with Crippen LogP contribution in [-0.4, -0.2) is 25.8 Å². The third-order valence-corrected chi connectivity index (χ3v) is 13.1. The molecule has 0 N–H and O–H groups in total. The van der Waals surface area contributed by atoms with E-state index in [1.54, 1.807) is 6.92 Å². The van der Waals surface area contributed by atoms with Gasteiger partial charge in [-0.2, -0.15) is 0 Å². The molecule has 0 saturated heterocycles. The molecular weight excluding hydrogens is 833 g/mol. The minimum Gasteiger partial charge on any atom is -0.489 e. The molecule has 0 heterocycles. The minimum absolute atomic E-state index is 0.00678. The molecule has 0 unspecified atom stereocenters. The van der Waals surface area contributed by atoms with Crippen molar-refractivity contribution in [2.45, 2.75) is 225 Å². The van der Waals surface area contributed by atoms with Gasteiger partial charge in [0, 0.05) is 11.1 Å². The zero-order valence-electron chi connectivity index (χ0n) is 46.3. The van der Waals surface area contributed by atoms with Crippen LogP contribution in [0, 0.1) is 0 Å². The van der Waals surface area contributed by atoms with Crippen LogP contribution in [0.25, 0.3) is 0 Å². The van der Waals surface area contributed by atoms with Gasteiger partial charge in [0.15, 0.2) is 0 Å². The predicted molar refractivity (Wildman–Crippen MR) is 298 cm³/mol. The van der Waals surface area contributed by atoms with E-state index in [0.717, 1.165) is 109 Å². The number of hydrogen-bond donors (Lipinski definition) is 0. The van der Waals surface area contributed by atoms with E-state index < -0.39 is 0 Å². The fourth-order valence-corrected chi connectivity index (χ4v) is 8.24. The van der Waals surface area contributed by atoms with Crippen LogP contribution in [0.15, 0.2) is 151 Å². The van der Waals surface area contributed by atoms with Crippen LogP contribution in [0.3, 0.4) is 0 Å². The van der Waals surface area contributed by atoms with E-state index in [1.165, 1.54) is 94.8 Å². The van der Waals surface area contributed by atoms with Gasteiger partial charge in [-0.25, -0.2) is 0 Å². The molecule has 378 valence electrons. The van der Waals surface area contributed by atoms with Gasteiger partial charge >= 0.3 is 0 Å². The summed E-state index contributed by atoms with van der Waals surface area (Å²) >= 11 is 0. The molecule has 4 nitrogen and oxygen atoms in total.